The van der Waals surface area contributed by atoms with E-state index in [1.807, 2.05) is 24.3 Å². The lowest BCUT2D eigenvalue weighted by Crippen LogP contribution is -2.45. The van der Waals surface area contributed by atoms with E-state index in [1.54, 1.807) is 0 Å². The van der Waals surface area contributed by atoms with Gasteiger partial charge in [-0.1, -0.05) is 67.7 Å². The maximum absolute atomic E-state index is 5.88. The highest BCUT2D eigenvalue weighted by Crippen LogP contribution is 2.27. The zero-order valence-electron chi connectivity index (χ0n) is 12.8. The van der Waals surface area contributed by atoms with Gasteiger partial charge < -0.3 is 4.42 Å². The zero-order valence-corrected chi connectivity index (χ0v) is 13.8. The van der Waals surface area contributed by atoms with Gasteiger partial charge in [0.15, 0.2) is 11.5 Å². The van der Waals surface area contributed by atoms with E-state index in [-0.39, 0.29) is 0 Å². The van der Waals surface area contributed by atoms with Crippen molar-refractivity contribution in [2.75, 3.05) is 0 Å². The molecule has 2 aromatic carbocycles. The number of rotatable bonds is 4. The number of benzene rings is 2. The predicted molar refractivity (Wildman–Crippen MR) is 90.7 cm³/mol. The summed E-state index contributed by atoms with van der Waals surface area (Å²) >= 11 is 0. The summed E-state index contributed by atoms with van der Waals surface area (Å²) in [4.78, 5) is 4.62. The molecule has 0 saturated carbocycles. The van der Waals surface area contributed by atoms with Crippen LogP contribution in [-0.4, -0.2) is 13.1 Å². The molecule has 0 bridgehead atoms. The standard InChI is InChI=1S/C18H21NOSi/c1-14(21(2,3)15-9-5-4-6-10-15)13-18-19-16-11-7-8-12-17(16)20-18/h4-12,14H,13H2,1-3H3. The minimum Gasteiger partial charge on any atom is -0.441 e. The predicted octanol–water partition coefficient (Wildman–Crippen LogP) is 4.38. The largest absolute Gasteiger partial charge is 0.441 e. The molecule has 3 heteroatoms. The first-order chi connectivity index (χ1) is 10.1. The second kappa shape index (κ2) is 5.49. The van der Waals surface area contributed by atoms with Crippen LogP contribution in [0.15, 0.2) is 59.0 Å². The maximum Gasteiger partial charge on any atom is 0.195 e. The average Bonchev–Trinajstić information content (AvgIpc) is 2.90. The first kappa shape index (κ1) is 14.1. The van der Waals surface area contributed by atoms with E-state index in [0.717, 1.165) is 23.4 Å². The molecular formula is C18H21NOSi. The third-order valence-electron chi connectivity index (χ3n) is 4.57. The van der Waals surface area contributed by atoms with Gasteiger partial charge in [-0.15, -0.1) is 0 Å². The molecule has 108 valence electrons. The van der Waals surface area contributed by atoms with E-state index >= 15 is 0 Å². The Bertz CT molecular complexity index is 700. The quantitative estimate of drug-likeness (QED) is 0.668. The molecule has 0 N–H and O–H groups in total. The smallest absolute Gasteiger partial charge is 0.195 e. The topological polar surface area (TPSA) is 26.0 Å². The lowest BCUT2D eigenvalue weighted by atomic mass is 10.3. The summed E-state index contributed by atoms with van der Waals surface area (Å²) < 4.78 is 5.88. The summed E-state index contributed by atoms with van der Waals surface area (Å²) in [7, 11) is -1.51. The van der Waals surface area contributed by atoms with Crippen molar-refractivity contribution in [2.24, 2.45) is 0 Å². The molecule has 0 amide bonds. The van der Waals surface area contributed by atoms with Crippen molar-refractivity contribution in [3.63, 3.8) is 0 Å². The number of aromatic nitrogens is 1. The second-order valence-corrected chi connectivity index (χ2v) is 11.3. The Morgan fingerprint density at radius 2 is 1.67 bits per heavy atom. The zero-order chi connectivity index (χ0) is 14.9. The highest BCUT2D eigenvalue weighted by Gasteiger charge is 2.31. The maximum atomic E-state index is 5.88. The molecule has 0 fully saturated rings. The third kappa shape index (κ3) is 2.79. The van der Waals surface area contributed by atoms with Crippen LogP contribution in [0.3, 0.4) is 0 Å². The molecule has 0 saturated heterocycles. The number of hydrogen-bond acceptors (Lipinski definition) is 2. The Morgan fingerprint density at radius 1 is 1.00 bits per heavy atom. The Labute approximate surface area is 126 Å². The number of hydrogen-bond donors (Lipinski definition) is 0. The van der Waals surface area contributed by atoms with Gasteiger partial charge in [0.25, 0.3) is 0 Å². The van der Waals surface area contributed by atoms with E-state index in [2.05, 4.69) is 55.3 Å². The first-order valence-electron chi connectivity index (χ1n) is 7.47. The Balaban J connectivity index is 1.83. The Hall–Kier alpha value is -1.87. The summed E-state index contributed by atoms with van der Waals surface area (Å²) in [6.07, 6.45) is 0.906. The minimum atomic E-state index is -1.51. The Morgan fingerprint density at radius 3 is 2.38 bits per heavy atom. The molecule has 1 aromatic heterocycles. The van der Waals surface area contributed by atoms with Crippen LogP contribution in [0.5, 0.6) is 0 Å². The van der Waals surface area contributed by atoms with Gasteiger partial charge in [-0.25, -0.2) is 4.98 Å². The van der Waals surface area contributed by atoms with E-state index < -0.39 is 8.07 Å². The van der Waals surface area contributed by atoms with Crippen LogP contribution in [-0.2, 0) is 6.42 Å². The van der Waals surface area contributed by atoms with Gasteiger partial charge in [-0.05, 0) is 17.7 Å². The van der Waals surface area contributed by atoms with Crippen molar-refractivity contribution in [2.45, 2.75) is 32.0 Å². The molecule has 0 radical (unpaired) electrons. The number of oxazole rings is 1. The highest BCUT2D eigenvalue weighted by molar-refractivity contribution is 6.90. The van der Waals surface area contributed by atoms with E-state index in [0.29, 0.717) is 5.54 Å². The lowest BCUT2D eigenvalue weighted by molar-refractivity contribution is 0.523. The molecule has 1 heterocycles. The van der Waals surface area contributed by atoms with Gasteiger partial charge in [0.1, 0.15) is 5.52 Å². The summed E-state index contributed by atoms with van der Waals surface area (Å²) in [6.45, 7) is 7.18. The van der Waals surface area contributed by atoms with Crippen LogP contribution in [0.1, 0.15) is 12.8 Å². The van der Waals surface area contributed by atoms with Crippen LogP contribution in [0.2, 0.25) is 18.6 Å². The lowest BCUT2D eigenvalue weighted by Gasteiger charge is -2.29. The number of fused-ring (bicyclic) bond motifs is 1. The van der Waals surface area contributed by atoms with Crippen molar-refractivity contribution in [3.05, 3.63) is 60.5 Å². The summed E-state index contributed by atoms with van der Waals surface area (Å²) in [6, 6.07) is 18.8. The molecule has 1 atom stereocenters. The van der Waals surface area contributed by atoms with Gasteiger partial charge in [-0.2, -0.15) is 0 Å². The molecule has 0 aliphatic rings. The molecule has 21 heavy (non-hydrogen) atoms. The Kier molecular flexibility index (Phi) is 3.68. The molecule has 0 aliphatic carbocycles. The molecule has 2 nitrogen and oxygen atoms in total. The highest BCUT2D eigenvalue weighted by atomic mass is 28.3. The molecule has 3 rings (SSSR count). The SMILES string of the molecule is CC(Cc1nc2ccccc2o1)[Si](C)(C)c1ccccc1. The monoisotopic (exact) mass is 295 g/mol. The van der Waals surface area contributed by atoms with Crippen LogP contribution in [0, 0.1) is 0 Å². The summed E-state index contributed by atoms with van der Waals surface area (Å²) in [5, 5.41) is 1.49. The van der Waals surface area contributed by atoms with E-state index in [9.17, 15) is 0 Å². The van der Waals surface area contributed by atoms with E-state index in [1.165, 1.54) is 5.19 Å². The molecule has 0 spiro atoms. The summed E-state index contributed by atoms with van der Waals surface area (Å²) in [5.41, 5.74) is 2.42. The fourth-order valence-corrected chi connectivity index (χ4v) is 4.98. The minimum absolute atomic E-state index is 0.577. The van der Waals surface area contributed by atoms with Crippen molar-refractivity contribution in [1.29, 1.82) is 0 Å². The van der Waals surface area contributed by atoms with Crippen LogP contribution in [0.25, 0.3) is 11.1 Å². The number of nitrogens with zero attached hydrogens (tertiary/aromatic N) is 1. The van der Waals surface area contributed by atoms with Crippen molar-refractivity contribution in [3.8, 4) is 0 Å². The van der Waals surface area contributed by atoms with Crippen molar-refractivity contribution < 1.29 is 4.42 Å². The van der Waals surface area contributed by atoms with Crippen LogP contribution < -0.4 is 5.19 Å². The number of para-hydroxylation sites is 2. The van der Waals surface area contributed by atoms with Gasteiger partial charge in [0, 0.05) is 6.42 Å². The fraction of sp³-hybridized carbons (Fsp3) is 0.278. The van der Waals surface area contributed by atoms with Gasteiger partial charge in [0.2, 0.25) is 0 Å². The molecule has 0 aliphatic heterocycles. The van der Waals surface area contributed by atoms with Crippen molar-refractivity contribution in [1.82, 2.24) is 4.98 Å². The van der Waals surface area contributed by atoms with Crippen LogP contribution >= 0.6 is 0 Å². The van der Waals surface area contributed by atoms with Gasteiger partial charge in [-0.3, -0.25) is 0 Å². The summed E-state index contributed by atoms with van der Waals surface area (Å²) in [5.74, 6) is 0.861. The normalized spacial score (nSPS) is 13.5. The molecule has 1 unspecified atom stereocenters. The van der Waals surface area contributed by atoms with Gasteiger partial charge in [0.05, 0.1) is 8.07 Å². The first-order valence-corrected chi connectivity index (χ1v) is 10.5. The molecular weight excluding hydrogens is 274 g/mol. The van der Waals surface area contributed by atoms with Gasteiger partial charge >= 0.3 is 0 Å². The van der Waals surface area contributed by atoms with Crippen LogP contribution in [0.4, 0.5) is 0 Å². The van der Waals surface area contributed by atoms with Crippen molar-refractivity contribution >= 4 is 24.4 Å². The second-order valence-electron chi connectivity index (χ2n) is 6.27. The fourth-order valence-electron chi connectivity index (χ4n) is 2.68. The average molecular weight is 295 g/mol. The third-order valence-corrected chi connectivity index (χ3v) is 9.06. The van der Waals surface area contributed by atoms with E-state index in [4.69, 9.17) is 4.42 Å². The molecule has 3 aromatic rings.